The van der Waals surface area contributed by atoms with Crippen LogP contribution in [0.15, 0.2) is 0 Å². The summed E-state index contributed by atoms with van der Waals surface area (Å²) in [5.74, 6) is 0. The third-order valence-electron chi connectivity index (χ3n) is 3.84. The van der Waals surface area contributed by atoms with E-state index in [0.717, 1.165) is 19.4 Å². The minimum Gasteiger partial charge on any atom is -0.298 e. The summed E-state index contributed by atoms with van der Waals surface area (Å²) in [4.78, 5) is 2.30. The first-order valence-electron chi connectivity index (χ1n) is 5.93. The molecular weight excluding hydrogens is 196 g/mol. The van der Waals surface area contributed by atoms with E-state index in [9.17, 15) is 8.78 Å². The van der Waals surface area contributed by atoms with Crippen LogP contribution in [-0.2, 0) is 0 Å². The van der Waals surface area contributed by atoms with Crippen LogP contribution in [0.2, 0.25) is 0 Å². The van der Waals surface area contributed by atoms with Gasteiger partial charge in [0.2, 0.25) is 0 Å². The van der Waals surface area contributed by atoms with Crippen LogP contribution in [0.25, 0.3) is 0 Å². The number of likely N-dealkylation sites (tertiary alicyclic amines) is 1. The highest BCUT2D eigenvalue weighted by atomic mass is 19.2. The van der Waals surface area contributed by atoms with Crippen molar-refractivity contribution in [1.82, 2.24) is 4.90 Å². The van der Waals surface area contributed by atoms with Crippen molar-refractivity contribution in [2.75, 3.05) is 19.8 Å². The third-order valence-corrected chi connectivity index (χ3v) is 3.84. The summed E-state index contributed by atoms with van der Waals surface area (Å²) in [6, 6.07) is 0. The van der Waals surface area contributed by atoms with E-state index in [1.165, 1.54) is 0 Å². The SMILES string of the molecule is CCC(C)(C)N1CCCC(F)(CF)CC1. The summed E-state index contributed by atoms with van der Waals surface area (Å²) in [7, 11) is 0. The van der Waals surface area contributed by atoms with Crippen LogP contribution in [-0.4, -0.2) is 35.9 Å². The Hall–Kier alpha value is -0.180. The summed E-state index contributed by atoms with van der Waals surface area (Å²) < 4.78 is 26.4. The van der Waals surface area contributed by atoms with E-state index in [1.807, 2.05) is 0 Å². The highest BCUT2D eigenvalue weighted by Crippen LogP contribution is 2.30. The normalized spacial score (nSPS) is 30.2. The van der Waals surface area contributed by atoms with Crippen molar-refractivity contribution in [2.45, 2.75) is 57.7 Å². The fourth-order valence-electron chi connectivity index (χ4n) is 2.12. The average molecular weight is 219 g/mol. The molecule has 0 aromatic carbocycles. The molecule has 1 nitrogen and oxygen atoms in total. The summed E-state index contributed by atoms with van der Waals surface area (Å²) in [5.41, 5.74) is -1.44. The van der Waals surface area contributed by atoms with Gasteiger partial charge in [0.1, 0.15) is 12.3 Å². The Bertz CT molecular complexity index is 206. The maximum atomic E-state index is 13.8. The Morgan fingerprint density at radius 3 is 2.47 bits per heavy atom. The third kappa shape index (κ3) is 3.13. The molecule has 0 N–H and O–H groups in total. The molecule has 0 spiro atoms. The van der Waals surface area contributed by atoms with Crippen molar-refractivity contribution in [3.63, 3.8) is 0 Å². The second-order valence-electron chi connectivity index (χ2n) is 5.29. The molecule has 1 saturated heterocycles. The minimum absolute atomic E-state index is 0.113. The number of nitrogens with zero attached hydrogens (tertiary/aromatic N) is 1. The lowest BCUT2D eigenvalue weighted by Gasteiger charge is -2.37. The lowest BCUT2D eigenvalue weighted by Crippen LogP contribution is -2.44. The molecule has 0 aromatic heterocycles. The molecule has 15 heavy (non-hydrogen) atoms. The van der Waals surface area contributed by atoms with Crippen molar-refractivity contribution in [3.05, 3.63) is 0 Å². The van der Waals surface area contributed by atoms with Crippen LogP contribution in [0.3, 0.4) is 0 Å². The van der Waals surface area contributed by atoms with Gasteiger partial charge < -0.3 is 0 Å². The molecule has 1 aliphatic rings. The summed E-state index contributed by atoms with van der Waals surface area (Å²) in [6.45, 7) is 7.24. The van der Waals surface area contributed by atoms with Crippen LogP contribution in [0.1, 0.15) is 46.5 Å². The predicted molar refractivity (Wildman–Crippen MR) is 59.6 cm³/mol. The van der Waals surface area contributed by atoms with Crippen LogP contribution in [0.5, 0.6) is 0 Å². The fourth-order valence-corrected chi connectivity index (χ4v) is 2.12. The molecule has 0 bridgehead atoms. The molecule has 0 aromatic rings. The average Bonchev–Trinajstić information content (AvgIpc) is 2.41. The Balaban J connectivity index is 2.60. The van der Waals surface area contributed by atoms with E-state index in [2.05, 4.69) is 25.7 Å². The molecule has 0 radical (unpaired) electrons. The smallest absolute Gasteiger partial charge is 0.140 e. The molecule has 90 valence electrons. The van der Waals surface area contributed by atoms with Gasteiger partial charge in [-0.3, -0.25) is 4.90 Å². The van der Waals surface area contributed by atoms with Crippen LogP contribution < -0.4 is 0 Å². The van der Waals surface area contributed by atoms with Crippen LogP contribution in [0, 0.1) is 0 Å². The molecule has 1 heterocycles. The van der Waals surface area contributed by atoms with E-state index < -0.39 is 12.3 Å². The van der Waals surface area contributed by atoms with Gasteiger partial charge in [0.05, 0.1) is 0 Å². The van der Waals surface area contributed by atoms with Gasteiger partial charge >= 0.3 is 0 Å². The monoisotopic (exact) mass is 219 g/mol. The summed E-state index contributed by atoms with van der Waals surface area (Å²) >= 11 is 0. The van der Waals surface area contributed by atoms with Gasteiger partial charge in [0, 0.05) is 12.1 Å². The molecule has 1 rings (SSSR count). The predicted octanol–water partition coefficient (Wildman–Crippen LogP) is 3.34. The first-order valence-corrected chi connectivity index (χ1v) is 5.93. The molecule has 1 aliphatic heterocycles. The molecule has 1 fully saturated rings. The van der Waals surface area contributed by atoms with E-state index >= 15 is 0 Å². The maximum Gasteiger partial charge on any atom is 0.140 e. The molecule has 1 unspecified atom stereocenters. The first kappa shape index (κ1) is 12.9. The summed E-state index contributed by atoms with van der Waals surface area (Å²) in [5, 5.41) is 0. The highest BCUT2D eigenvalue weighted by Gasteiger charge is 2.35. The Morgan fingerprint density at radius 2 is 1.93 bits per heavy atom. The van der Waals surface area contributed by atoms with E-state index in [1.54, 1.807) is 0 Å². The van der Waals surface area contributed by atoms with Crippen LogP contribution >= 0.6 is 0 Å². The topological polar surface area (TPSA) is 3.24 Å². The Kier molecular flexibility index (Phi) is 4.10. The first-order chi connectivity index (χ1) is 6.93. The molecule has 0 amide bonds. The van der Waals surface area contributed by atoms with E-state index in [4.69, 9.17) is 0 Å². The molecule has 0 aliphatic carbocycles. The number of hydrogen-bond donors (Lipinski definition) is 0. The molecule has 3 heteroatoms. The molecule has 1 atom stereocenters. The maximum absolute atomic E-state index is 13.8. The largest absolute Gasteiger partial charge is 0.298 e. The van der Waals surface area contributed by atoms with Gasteiger partial charge in [-0.25, -0.2) is 8.78 Å². The van der Waals surface area contributed by atoms with Gasteiger partial charge in [-0.15, -0.1) is 0 Å². The number of alkyl halides is 2. The second kappa shape index (κ2) is 4.77. The zero-order valence-electron chi connectivity index (χ0n) is 10.2. The lowest BCUT2D eigenvalue weighted by atomic mass is 9.98. The zero-order chi connectivity index (χ0) is 11.5. The molecular formula is C12H23F2N. The van der Waals surface area contributed by atoms with Crippen LogP contribution in [0.4, 0.5) is 8.78 Å². The van der Waals surface area contributed by atoms with Gasteiger partial charge in [0.25, 0.3) is 0 Å². The van der Waals surface area contributed by atoms with Crippen molar-refractivity contribution >= 4 is 0 Å². The number of halogens is 2. The second-order valence-corrected chi connectivity index (χ2v) is 5.29. The Labute approximate surface area is 91.8 Å². The van der Waals surface area contributed by atoms with Crippen molar-refractivity contribution in [1.29, 1.82) is 0 Å². The number of rotatable bonds is 3. The quantitative estimate of drug-likeness (QED) is 0.703. The van der Waals surface area contributed by atoms with Gasteiger partial charge in [0.15, 0.2) is 0 Å². The standard InChI is InChI=1S/C12H23F2N/c1-4-11(2,3)15-8-5-6-12(14,10-13)7-9-15/h4-10H2,1-3H3. The fraction of sp³-hybridized carbons (Fsp3) is 1.00. The van der Waals surface area contributed by atoms with E-state index in [-0.39, 0.29) is 5.54 Å². The minimum atomic E-state index is -1.56. The van der Waals surface area contributed by atoms with Gasteiger partial charge in [-0.1, -0.05) is 6.92 Å². The zero-order valence-corrected chi connectivity index (χ0v) is 10.2. The van der Waals surface area contributed by atoms with Crippen molar-refractivity contribution in [2.24, 2.45) is 0 Å². The Morgan fingerprint density at radius 1 is 1.27 bits per heavy atom. The summed E-state index contributed by atoms with van der Waals surface area (Å²) in [6.07, 6.45) is 2.53. The van der Waals surface area contributed by atoms with Gasteiger partial charge in [-0.05, 0) is 46.1 Å². The highest BCUT2D eigenvalue weighted by molar-refractivity contribution is 4.88. The number of hydrogen-bond acceptors (Lipinski definition) is 1. The van der Waals surface area contributed by atoms with Crippen molar-refractivity contribution in [3.8, 4) is 0 Å². The van der Waals surface area contributed by atoms with Crippen molar-refractivity contribution < 1.29 is 8.78 Å². The van der Waals surface area contributed by atoms with E-state index in [0.29, 0.717) is 19.4 Å². The lowest BCUT2D eigenvalue weighted by molar-refractivity contribution is 0.0833. The molecule has 0 saturated carbocycles. The van der Waals surface area contributed by atoms with Gasteiger partial charge in [-0.2, -0.15) is 0 Å².